The SMILES string of the molecule is CCCCC/C=C\C/C=C\CCCCCCCC(=O)OCCCCCCCCCCCCCCCCCCCCCCCCCCCCCCCCCC(=O)NC(CO)C(O)/C=C/CCCCCCCCCCCCCCCCC. The number of hydrogen-bond acceptors (Lipinski definition) is 5. The molecule has 2 unspecified atom stereocenters. The molecule has 0 aliphatic heterocycles. The van der Waals surface area contributed by atoms with Gasteiger partial charge in [-0.3, -0.25) is 9.59 Å². The van der Waals surface area contributed by atoms with Gasteiger partial charge >= 0.3 is 5.97 Å². The van der Waals surface area contributed by atoms with Crippen LogP contribution >= 0.6 is 0 Å². The summed E-state index contributed by atoms with van der Waals surface area (Å²) in [6.07, 6.45) is 89.5. The topological polar surface area (TPSA) is 95.9 Å². The molecule has 0 aliphatic rings. The van der Waals surface area contributed by atoms with Gasteiger partial charge < -0.3 is 20.3 Å². The minimum absolute atomic E-state index is 0.00671. The molecule has 0 spiro atoms. The molecule has 0 saturated heterocycles. The molecule has 0 heterocycles. The molecule has 80 heavy (non-hydrogen) atoms. The van der Waals surface area contributed by atoms with E-state index in [0.29, 0.717) is 19.4 Å². The highest BCUT2D eigenvalue weighted by molar-refractivity contribution is 5.76. The number of hydrogen-bond donors (Lipinski definition) is 3. The standard InChI is InChI=1S/C74H141NO5/c1-3-5-7-9-11-13-15-17-19-35-39-42-46-50-54-58-62-66-72(77)71(70-76)75-73(78)67-63-59-55-51-47-43-40-36-33-31-29-27-25-23-21-20-22-24-26-28-30-32-34-37-41-45-49-53-57-61-65-69-80-74(79)68-64-60-56-52-48-44-38-18-16-14-12-10-8-6-4-2/h12,14,18,38,62,66,71-72,76-77H,3-11,13,15-17,19-37,39-61,63-65,67-70H2,1-2H3,(H,75,78)/b14-12-,38-18-,66-62+. The zero-order valence-electron chi connectivity index (χ0n) is 54.1. The molecular weight excluding hydrogens is 983 g/mol. The second-order valence-corrected chi connectivity index (χ2v) is 24.9. The number of aliphatic hydroxyl groups excluding tert-OH is 2. The summed E-state index contributed by atoms with van der Waals surface area (Å²) in [5.41, 5.74) is 0. The van der Waals surface area contributed by atoms with Crippen LogP contribution in [0.2, 0.25) is 0 Å². The first-order valence-corrected chi connectivity index (χ1v) is 36.3. The molecule has 0 saturated carbocycles. The van der Waals surface area contributed by atoms with Crippen molar-refractivity contribution < 1.29 is 24.5 Å². The van der Waals surface area contributed by atoms with Crippen molar-refractivity contribution in [2.24, 2.45) is 0 Å². The minimum atomic E-state index is -0.842. The number of esters is 1. The van der Waals surface area contributed by atoms with Crippen LogP contribution in [-0.4, -0.2) is 47.4 Å². The van der Waals surface area contributed by atoms with E-state index in [-0.39, 0.29) is 18.5 Å². The summed E-state index contributed by atoms with van der Waals surface area (Å²) in [6, 6.07) is -0.625. The fourth-order valence-electron chi connectivity index (χ4n) is 11.4. The summed E-state index contributed by atoms with van der Waals surface area (Å²) in [7, 11) is 0. The van der Waals surface area contributed by atoms with Crippen molar-refractivity contribution in [1.29, 1.82) is 0 Å². The molecule has 0 aromatic rings. The van der Waals surface area contributed by atoms with Crippen molar-refractivity contribution in [3.63, 3.8) is 0 Å². The predicted molar refractivity (Wildman–Crippen MR) is 352 cm³/mol. The van der Waals surface area contributed by atoms with E-state index in [4.69, 9.17) is 4.74 Å². The average Bonchev–Trinajstić information content (AvgIpc) is 3.46. The van der Waals surface area contributed by atoms with Gasteiger partial charge in [0, 0.05) is 12.8 Å². The maximum absolute atomic E-state index is 12.5. The Morgan fingerprint density at radius 3 is 0.975 bits per heavy atom. The Kier molecular flexibility index (Phi) is 67.9. The molecule has 6 heteroatoms. The quantitative estimate of drug-likeness (QED) is 0.0320. The smallest absolute Gasteiger partial charge is 0.305 e. The van der Waals surface area contributed by atoms with Gasteiger partial charge in [0.05, 0.1) is 25.4 Å². The van der Waals surface area contributed by atoms with Crippen LogP contribution < -0.4 is 5.32 Å². The number of carbonyl (C=O) groups is 2. The number of aliphatic hydroxyl groups is 2. The van der Waals surface area contributed by atoms with Crippen LogP contribution in [0.25, 0.3) is 0 Å². The Labute approximate surface area is 500 Å². The molecule has 3 N–H and O–H groups in total. The third-order valence-corrected chi connectivity index (χ3v) is 16.9. The number of nitrogens with one attached hydrogen (secondary N) is 1. The van der Waals surface area contributed by atoms with Crippen LogP contribution in [0.5, 0.6) is 0 Å². The van der Waals surface area contributed by atoms with Crippen molar-refractivity contribution in [1.82, 2.24) is 5.32 Å². The van der Waals surface area contributed by atoms with Gasteiger partial charge in [0.2, 0.25) is 5.91 Å². The Hall–Kier alpha value is -1.92. The highest BCUT2D eigenvalue weighted by atomic mass is 16.5. The fourth-order valence-corrected chi connectivity index (χ4v) is 11.4. The molecule has 0 aromatic heterocycles. The summed E-state index contributed by atoms with van der Waals surface area (Å²) in [4.78, 5) is 24.6. The first-order chi connectivity index (χ1) is 39.5. The van der Waals surface area contributed by atoms with E-state index in [1.165, 1.54) is 321 Å². The van der Waals surface area contributed by atoms with Crippen LogP contribution in [0.1, 0.15) is 399 Å². The van der Waals surface area contributed by atoms with E-state index < -0.39 is 12.1 Å². The highest BCUT2D eigenvalue weighted by Crippen LogP contribution is 2.19. The van der Waals surface area contributed by atoms with Crippen molar-refractivity contribution >= 4 is 11.9 Å². The Balaban J connectivity index is 3.35. The lowest BCUT2D eigenvalue weighted by atomic mass is 10.0. The second-order valence-electron chi connectivity index (χ2n) is 24.9. The van der Waals surface area contributed by atoms with Gasteiger partial charge in [-0.2, -0.15) is 0 Å². The van der Waals surface area contributed by atoms with Crippen molar-refractivity contribution in [2.75, 3.05) is 13.2 Å². The number of ether oxygens (including phenoxy) is 1. The third kappa shape index (κ3) is 65.2. The Bertz CT molecular complexity index is 1300. The van der Waals surface area contributed by atoms with Crippen molar-refractivity contribution in [2.45, 2.75) is 411 Å². The van der Waals surface area contributed by atoms with Gasteiger partial charge in [0.15, 0.2) is 0 Å². The minimum Gasteiger partial charge on any atom is -0.466 e. The second kappa shape index (κ2) is 69.6. The van der Waals surface area contributed by atoms with Gasteiger partial charge in [0.25, 0.3) is 0 Å². The highest BCUT2D eigenvalue weighted by Gasteiger charge is 2.18. The molecule has 1 amide bonds. The summed E-state index contributed by atoms with van der Waals surface area (Å²) in [6.45, 7) is 4.91. The van der Waals surface area contributed by atoms with Gasteiger partial charge in [-0.15, -0.1) is 0 Å². The zero-order valence-corrected chi connectivity index (χ0v) is 54.1. The monoisotopic (exact) mass is 1120 g/mol. The summed E-state index contributed by atoms with van der Waals surface area (Å²) in [5, 5.41) is 23.2. The maximum atomic E-state index is 12.5. The molecule has 0 aliphatic carbocycles. The lowest BCUT2D eigenvalue weighted by Crippen LogP contribution is -2.45. The molecule has 0 radical (unpaired) electrons. The lowest BCUT2D eigenvalue weighted by Gasteiger charge is -2.20. The lowest BCUT2D eigenvalue weighted by molar-refractivity contribution is -0.143. The normalized spacial score (nSPS) is 12.7. The fraction of sp³-hybridized carbons (Fsp3) is 0.892. The van der Waals surface area contributed by atoms with E-state index in [9.17, 15) is 19.8 Å². The van der Waals surface area contributed by atoms with Crippen LogP contribution in [0.3, 0.4) is 0 Å². The molecule has 2 atom stereocenters. The Morgan fingerprint density at radius 1 is 0.350 bits per heavy atom. The molecule has 472 valence electrons. The maximum Gasteiger partial charge on any atom is 0.305 e. The average molecular weight is 1120 g/mol. The summed E-state index contributed by atoms with van der Waals surface area (Å²) >= 11 is 0. The Morgan fingerprint density at radius 2 is 0.625 bits per heavy atom. The van der Waals surface area contributed by atoms with Gasteiger partial charge in [-0.25, -0.2) is 0 Å². The van der Waals surface area contributed by atoms with Gasteiger partial charge in [0.1, 0.15) is 0 Å². The number of unbranched alkanes of at least 4 members (excludes halogenated alkanes) is 53. The number of amides is 1. The first-order valence-electron chi connectivity index (χ1n) is 36.3. The zero-order chi connectivity index (χ0) is 57.8. The van der Waals surface area contributed by atoms with E-state index in [0.717, 1.165) is 51.4 Å². The number of rotatable bonds is 68. The van der Waals surface area contributed by atoms with E-state index >= 15 is 0 Å². The van der Waals surface area contributed by atoms with Crippen molar-refractivity contribution in [3.05, 3.63) is 36.5 Å². The van der Waals surface area contributed by atoms with E-state index in [2.05, 4.69) is 43.5 Å². The van der Waals surface area contributed by atoms with Crippen molar-refractivity contribution in [3.8, 4) is 0 Å². The summed E-state index contributed by atoms with van der Waals surface area (Å²) < 4.78 is 5.49. The third-order valence-electron chi connectivity index (χ3n) is 16.9. The van der Waals surface area contributed by atoms with Crippen LogP contribution in [0.15, 0.2) is 36.5 Å². The number of carbonyl (C=O) groups excluding carboxylic acids is 2. The summed E-state index contributed by atoms with van der Waals surface area (Å²) in [5.74, 6) is -0.0541. The number of allylic oxidation sites excluding steroid dienone is 5. The first kappa shape index (κ1) is 78.1. The van der Waals surface area contributed by atoms with Crippen LogP contribution in [0, 0.1) is 0 Å². The van der Waals surface area contributed by atoms with E-state index in [1.807, 2.05) is 6.08 Å². The van der Waals surface area contributed by atoms with Crippen LogP contribution in [0.4, 0.5) is 0 Å². The van der Waals surface area contributed by atoms with Gasteiger partial charge in [-0.1, -0.05) is 359 Å². The van der Waals surface area contributed by atoms with Gasteiger partial charge in [-0.05, 0) is 64.2 Å². The molecule has 0 fully saturated rings. The molecule has 0 rings (SSSR count). The largest absolute Gasteiger partial charge is 0.466 e. The molecule has 0 bridgehead atoms. The van der Waals surface area contributed by atoms with E-state index in [1.54, 1.807) is 6.08 Å². The van der Waals surface area contributed by atoms with Crippen LogP contribution in [-0.2, 0) is 14.3 Å². The molecular formula is C74H141NO5. The molecule has 0 aromatic carbocycles. The predicted octanol–water partition coefficient (Wildman–Crippen LogP) is 23.5. The molecule has 6 nitrogen and oxygen atoms in total.